The number of para-hydroxylation sites is 2. The van der Waals surface area contributed by atoms with Crippen LogP contribution in [-0.2, 0) is 27.3 Å². The summed E-state index contributed by atoms with van der Waals surface area (Å²) in [5.74, 6) is -0.829. The highest BCUT2D eigenvalue weighted by Crippen LogP contribution is 2.33. The van der Waals surface area contributed by atoms with E-state index >= 15 is 0 Å². The van der Waals surface area contributed by atoms with Gasteiger partial charge in [0.1, 0.15) is 5.58 Å². The number of furan rings is 1. The van der Waals surface area contributed by atoms with Gasteiger partial charge in [-0.15, -0.1) is 0 Å². The Bertz CT molecular complexity index is 1090. The lowest BCUT2D eigenvalue weighted by Crippen LogP contribution is -2.43. The molecule has 1 aliphatic rings. The highest BCUT2D eigenvalue weighted by molar-refractivity contribution is 6.01. The van der Waals surface area contributed by atoms with Crippen molar-refractivity contribution >= 4 is 28.5 Å². The van der Waals surface area contributed by atoms with Crippen LogP contribution in [-0.4, -0.2) is 30.6 Å². The van der Waals surface area contributed by atoms with Crippen LogP contribution in [0.25, 0.3) is 11.0 Å². The molecule has 156 valence electrons. The Hall–Kier alpha value is -3.12. The molecular formula is C24H25NO5. The van der Waals surface area contributed by atoms with Crippen LogP contribution in [0.5, 0.6) is 0 Å². The van der Waals surface area contributed by atoms with Crippen LogP contribution in [0.2, 0.25) is 0 Å². The Labute approximate surface area is 175 Å². The molecule has 4 rings (SSSR count). The summed E-state index contributed by atoms with van der Waals surface area (Å²) < 4.78 is 16.8. The van der Waals surface area contributed by atoms with Crippen LogP contribution in [0, 0.1) is 0 Å². The average Bonchev–Trinajstić information content (AvgIpc) is 3.28. The molecule has 1 aromatic heterocycles. The minimum absolute atomic E-state index is 0.00997. The molecule has 0 fully saturated rings. The van der Waals surface area contributed by atoms with E-state index in [1.165, 1.54) is 0 Å². The van der Waals surface area contributed by atoms with E-state index < -0.39 is 12.1 Å². The zero-order chi connectivity index (χ0) is 21.3. The van der Waals surface area contributed by atoms with Crippen LogP contribution >= 0.6 is 0 Å². The second-order valence-electron chi connectivity index (χ2n) is 7.48. The van der Waals surface area contributed by atoms with Gasteiger partial charge in [0.25, 0.3) is 5.91 Å². The fourth-order valence-corrected chi connectivity index (χ4v) is 3.97. The highest BCUT2D eigenvalue weighted by Gasteiger charge is 2.35. The third kappa shape index (κ3) is 3.59. The van der Waals surface area contributed by atoms with Gasteiger partial charge in [0.05, 0.1) is 6.61 Å². The minimum Gasteiger partial charge on any atom is -0.449 e. The number of nitrogens with zero attached hydrogens (tertiary/aromatic N) is 1. The van der Waals surface area contributed by atoms with Gasteiger partial charge in [-0.3, -0.25) is 4.79 Å². The number of ether oxygens (including phenoxy) is 2. The van der Waals surface area contributed by atoms with Gasteiger partial charge in [0.15, 0.2) is 6.10 Å². The van der Waals surface area contributed by atoms with Gasteiger partial charge < -0.3 is 18.8 Å². The summed E-state index contributed by atoms with van der Waals surface area (Å²) in [6, 6.07) is 15.2. The zero-order valence-electron chi connectivity index (χ0n) is 17.4. The maximum atomic E-state index is 13.1. The number of carbonyl (C=O) groups is 2. The molecular weight excluding hydrogens is 382 g/mol. The van der Waals surface area contributed by atoms with Crippen molar-refractivity contribution in [1.82, 2.24) is 0 Å². The summed E-state index contributed by atoms with van der Waals surface area (Å²) in [6.07, 6.45) is -0.163. The van der Waals surface area contributed by atoms with Gasteiger partial charge in [0.2, 0.25) is 5.76 Å². The fraction of sp³-hybridized carbons (Fsp3) is 0.333. The number of esters is 1. The number of amides is 1. The Kier molecular flexibility index (Phi) is 5.59. The molecule has 0 N–H and O–H groups in total. The molecule has 0 saturated carbocycles. The molecule has 1 amide bonds. The minimum atomic E-state index is -0.945. The largest absolute Gasteiger partial charge is 0.449 e. The molecule has 1 aliphatic heterocycles. The van der Waals surface area contributed by atoms with Crippen molar-refractivity contribution in [3.8, 4) is 0 Å². The number of hydrogen-bond acceptors (Lipinski definition) is 5. The first-order valence-electron chi connectivity index (χ1n) is 10.2. The SMILES string of the molecule is CCOCc1c(C(=O)O[C@@H](C)C(=O)N2c3ccccc3C[C@H]2C)oc2ccccc12. The quantitative estimate of drug-likeness (QED) is 0.563. The first-order chi connectivity index (χ1) is 14.5. The van der Waals surface area contributed by atoms with Crippen molar-refractivity contribution in [3.63, 3.8) is 0 Å². The molecule has 0 bridgehead atoms. The fourth-order valence-electron chi connectivity index (χ4n) is 3.97. The van der Waals surface area contributed by atoms with E-state index in [4.69, 9.17) is 13.9 Å². The summed E-state index contributed by atoms with van der Waals surface area (Å²) in [5, 5.41) is 0.805. The lowest BCUT2D eigenvalue weighted by molar-refractivity contribution is -0.126. The lowest BCUT2D eigenvalue weighted by atomic mass is 10.1. The van der Waals surface area contributed by atoms with E-state index in [1.807, 2.05) is 56.3 Å². The van der Waals surface area contributed by atoms with Crippen LogP contribution < -0.4 is 4.90 Å². The van der Waals surface area contributed by atoms with Crippen LogP contribution in [0.1, 0.15) is 42.5 Å². The van der Waals surface area contributed by atoms with Crippen molar-refractivity contribution < 1.29 is 23.5 Å². The predicted octanol–water partition coefficient (Wildman–Crippen LogP) is 4.49. The van der Waals surface area contributed by atoms with Crippen LogP contribution in [0.3, 0.4) is 0 Å². The third-order valence-electron chi connectivity index (χ3n) is 5.41. The Morgan fingerprint density at radius 1 is 1.17 bits per heavy atom. The topological polar surface area (TPSA) is 69.0 Å². The molecule has 6 nitrogen and oxygen atoms in total. The van der Waals surface area contributed by atoms with E-state index in [1.54, 1.807) is 17.9 Å². The maximum Gasteiger partial charge on any atom is 0.375 e. The second kappa shape index (κ2) is 8.32. The summed E-state index contributed by atoms with van der Waals surface area (Å²) in [6.45, 7) is 6.21. The second-order valence-corrected chi connectivity index (χ2v) is 7.48. The summed E-state index contributed by atoms with van der Waals surface area (Å²) >= 11 is 0. The van der Waals surface area contributed by atoms with E-state index in [-0.39, 0.29) is 24.3 Å². The number of anilines is 1. The molecule has 0 saturated heterocycles. The van der Waals surface area contributed by atoms with Crippen molar-refractivity contribution in [3.05, 3.63) is 65.4 Å². The lowest BCUT2D eigenvalue weighted by Gasteiger charge is -2.25. The summed E-state index contributed by atoms with van der Waals surface area (Å²) in [7, 11) is 0. The normalized spacial score (nSPS) is 16.5. The zero-order valence-corrected chi connectivity index (χ0v) is 17.4. The van der Waals surface area contributed by atoms with Gasteiger partial charge in [-0.2, -0.15) is 0 Å². The van der Waals surface area contributed by atoms with Crippen molar-refractivity contribution in [1.29, 1.82) is 0 Å². The molecule has 0 unspecified atom stereocenters. The van der Waals surface area contributed by atoms with Crippen LogP contribution in [0.15, 0.2) is 52.9 Å². The van der Waals surface area contributed by atoms with Gasteiger partial charge in [-0.1, -0.05) is 36.4 Å². The number of rotatable bonds is 6. The summed E-state index contributed by atoms with van der Waals surface area (Å²) in [4.78, 5) is 27.7. The molecule has 2 heterocycles. The molecule has 3 aromatic rings. The molecule has 0 radical (unpaired) electrons. The van der Waals surface area contributed by atoms with Crippen molar-refractivity contribution in [2.24, 2.45) is 0 Å². The molecule has 30 heavy (non-hydrogen) atoms. The Balaban J connectivity index is 1.56. The third-order valence-corrected chi connectivity index (χ3v) is 5.41. The molecule has 2 atom stereocenters. The Morgan fingerprint density at radius 2 is 1.90 bits per heavy atom. The summed E-state index contributed by atoms with van der Waals surface area (Å²) in [5.41, 5.74) is 3.21. The molecule has 0 spiro atoms. The first kappa shape index (κ1) is 20.2. The van der Waals surface area contributed by atoms with Crippen LogP contribution in [0.4, 0.5) is 5.69 Å². The van der Waals surface area contributed by atoms with E-state index in [0.29, 0.717) is 17.8 Å². The van der Waals surface area contributed by atoms with Crippen molar-refractivity contribution in [2.75, 3.05) is 11.5 Å². The molecule has 6 heteroatoms. The van der Waals surface area contributed by atoms with Gasteiger partial charge >= 0.3 is 5.97 Å². The Morgan fingerprint density at radius 3 is 2.70 bits per heavy atom. The van der Waals surface area contributed by atoms with Gasteiger partial charge in [-0.05, 0) is 44.9 Å². The van der Waals surface area contributed by atoms with E-state index in [9.17, 15) is 9.59 Å². The number of hydrogen-bond donors (Lipinski definition) is 0. The van der Waals surface area contributed by atoms with Gasteiger partial charge in [0, 0.05) is 29.3 Å². The monoisotopic (exact) mass is 407 g/mol. The van der Waals surface area contributed by atoms with E-state index in [0.717, 1.165) is 23.1 Å². The predicted molar refractivity (Wildman–Crippen MR) is 114 cm³/mol. The average molecular weight is 407 g/mol. The smallest absolute Gasteiger partial charge is 0.375 e. The highest BCUT2D eigenvalue weighted by atomic mass is 16.6. The standard InChI is InChI=1S/C24H25NO5/c1-4-28-14-19-18-10-6-8-12-21(18)30-22(19)24(27)29-16(3)23(26)25-15(2)13-17-9-5-7-11-20(17)25/h5-12,15-16H,4,13-14H2,1-3H3/t15-,16+/m1/s1. The number of benzene rings is 2. The maximum absolute atomic E-state index is 13.1. The van der Waals surface area contributed by atoms with E-state index in [2.05, 4.69) is 0 Å². The number of carbonyl (C=O) groups excluding carboxylic acids is 2. The van der Waals surface area contributed by atoms with Gasteiger partial charge in [-0.25, -0.2) is 4.79 Å². The first-order valence-corrected chi connectivity index (χ1v) is 10.2. The molecule has 2 aromatic carbocycles. The number of fused-ring (bicyclic) bond motifs is 2. The van der Waals surface area contributed by atoms with Crippen molar-refractivity contribution in [2.45, 2.75) is 45.9 Å². The molecule has 0 aliphatic carbocycles.